The zero-order chi connectivity index (χ0) is 10.9. The molecule has 2 rings (SSSR count). The normalized spacial score (nSPS) is 20.3. The number of quaternary nitrogens is 1. The van der Waals surface area contributed by atoms with Gasteiger partial charge in [0.1, 0.15) is 5.97 Å². The molecule has 0 unspecified atom stereocenters. The summed E-state index contributed by atoms with van der Waals surface area (Å²) < 4.78 is 0. The van der Waals surface area contributed by atoms with E-state index in [1.54, 1.807) is 0 Å². The molecular weight excluding hydrogens is 190 g/mol. The van der Waals surface area contributed by atoms with Gasteiger partial charge >= 0.3 is 0 Å². The van der Waals surface area contributed by atoms with Crippen LogP contribution in [0.2, 0.25) is 0 Å². The van der Waals surface area contributed by atoms with Crippen molar-refractivity contribution in [3.05, 3.63) is 35.9 Å². The number of carboxylic acid groups (broad SMARTS) is 1. The summed E-state index contributed by atoms with van der Waals surface area (Å²) >= 11 is 0. The zero-order valence-electron chi connectivity index (χ0n) is 8.61. The molecule has 0 bridgehead atoms. The Kier molecular flexibility index (Phi) is 2.49. The fourth-order valence-electron chi connectivity index (χ4n) is 2.16. The number of aliphatic carboxylic acids is 1. The Balaban J connectivity index is 2.38. The Morgan fingerprint density at radius 2 is 1.93 bits per heavy atom. The van der Waals surface area contributed by atoms with Crippen LogP contribution in [0.4, 0.5) is 0 Å². The maximum Gasteiger partial charge on any atom is 0.163 e. The van der Waals surface area contributed by atoms with Crippen LogP contribution in [-0.2, 0) is 10.3 Å². The van der Waals surface area contributed by atoms with Crippen molar-refractivity contribution in [3.8, 4) is 0 Å². The lowest BCUT2D eigenvalue weighted by molar-refractivity contribution is -0.512. The molecule has 3 N–H and O–H groups in total. The molecule has 1 atom stereocenters. The fraction of sp³-hybridized carbons (Fsp3) is 0.417. The van der Waals surface area contributed by atoms with E-state index >= 15 is 0 Å². The van der Waals surface area contributed by atoms with Gasteiger partial charge in [0.25, 0.3) is 0 Å². The van der Waals surface area contributed by atoms with E-state index in [-0.39, 0.29) is 5.92 Å². The van der Waals surface area contributed by atoms with Crippen molar-refractivity contribution < 1.29 is 15.6 Å². The van der Waals surface area contributed by atoms with Gasteiger partial charge in [-0.15, -0.1) is 0 Å². The van der Waals surface area contributed by atoms with Crippen LogP contribution < -0.4 is 10.8 Å². The lowest BCUT2D eigenvalue weighted by Gasteiger charge is -2.40. The first kappa shape index (κ1) is 10.2. The van der Waals surface area contributed by atoms with Gasteiger partial charge in [-0.25, -0.2) is 0 Å². The second-order valence-electron chi connectivity index (χ2n) is 4.25. The average molecular weight is 205 g/mol. The number of carbonyl (C=O) groups excluding carboxylic acids is 1. The van der Waals surface area contributed by atoms with Crippen molar-refractivity contribution in [1.82, 2.24) is 0 Å². The van der Waals surface area contributed by atoms with Crippen LogP contribution in [0.15, 0.2) is 30.3 Å². The van der Waals surface area contributed by atoms with Crippen molar-refractivity contribution in [1.29, 1.82) is 0 Å². The van der Waals surface area contributed by atoms with E-state index in [0.29, 0.717) is 0 Å². The number of hydrogen-bond donors (Lipinski definition) is 1. The average Bonchev–Trinajstić information content (AvgIpc) is 2.16. The van der Waals surface area contributed by atoms with Crippen molar-refractivity contribution >= 4 is 5.97 Å². The number of benzene rings is 1. The second-order valence-corrected chi connectivity index (χ2v) is 4.25. The third kappa shape index (κ3) is 1.53. The molecule has 1 aromatic rings. The molecule has 0 saturated heterocycles. The summed E-state index contributed by atoms with van der Waals surface area (Å²) in [5, 5.41) is 11.3. The van der Waals surface area contributed by atoms with Gasteiger partial charge in [0.2, 0.25) is 0 Å². The van der Waals surface area contributed by atoms with Crippen LogP contribution in [-0.4, -0.2) is 5.97 Å². The van der Waals surface area contributed by atoms with Gasteiger partial charge in [-0.05, 0) is 12.8 Å². The van der Waals surface area contributed by atoms with Gasteiger partial charge < -0.3 is 15.6 Å². The molecule has 3 heteroatoms. The Bertz CT molecular complexity index is 359. The number of hydrogen-bond acceptors (Lipinski definition) is 2. The van der Waals surface area contributed by atoms with Crippen LogP contribution in [0.1, 0.15) is 24.8 Å². The predicted molar refractivity (Wildman–Crippen MR) is 53.4 cm³/mol. The summed E-state index contributed by atoms with van der Waals surface area (Å²) in [6, 6.07) is 9.20. The molecule has 0 aliphatic heterocycles. The van der Waals surface area contributed by atoms with E-state index < -0.39 is 11.5 Å². The van der Waals surface area contributed by atoms with Crippen LogP contribution in [0.25, 0.3) is 0 Å². The first-order valence-corrected chi connectivity index (χ1v) is 5.28. The van der Waals surface area contributed by atoms with Gasteiger partial charge in [0, 0.05) is 11.5 Å². The lowest BCUT2D eigenvalue weighted by atomic mass is 9.68. The molecular formula is C12H15NO2. The molecule has 1 aliphatic carbocycles. The lowest BCUT2D eigenvalue weighted by Crippen LogP contribution is -2.80. The summed E-state index contributed by atoms with van der Waals surface area (Å²) in [5.74, 6) is -0.928. The van der Waals surface area contributed by atoms with E-state index in [2.05, 4.69) is 5.73 Å². The quantitative estimate of drug-likeness (QED) is 0.734. The van der Waals surface area contributed by atoms with Crippen molar-refractivity contribution in [3.63, 3.8) is 0 Å². The smallest absolute Gasteiger partial charge is 0.163 e. The number of rotatable bonds is 3. The molecule has 15 heavy (non-hydrogen) atoms. The highest BCUT2D eigenvalue weighted by Gasteiger charge is 2.45. The molecule has 80 valence electrons. The van der Waals surface area contributed by atoms with Crippen LogP contribution >= 0.6 is 0 Å². The first-order valence-electron chi connectivity index (χ1n) is 5.28. The van der Waals surface area contributed by atoms with Crippen LogP contribution in [0, 0.1) is 5.92 Å². The molecule has 1 aromatic carbocycles. The number of carboxylic acids is 1. The molecule has 0 aromatic heterocycles. The van der Waals surface area contributed by atoms with Crippen LogP contribution in [0.3, 0.4) is 0 Å². The minimum absolute atomic E-state index is 0.130. The maximum atomic E-state index is 11.3. The Labute approximate surface area is 88.9 Å². The van der Waals surface area contributed by atoms with Gasteiger partial charge in [-0.1, -0.05) is 36.8 Å². The molecule has 0 amide bonds. The monoisotopic (exact) mass is 205 g/mol. The highest BCUT2D eigenvalue weighted by atomic mass is 16.4. The van der Waals surface area contributed by atoms with E-state index in [1.807, 2.05) is 30.3 Å². The summed E-state index contributed by atoms with van der Waals surface area (Å²) in [6.45, 7) is 0. The minimum Gasteiger partial charge on any atom is -0.543 e. The highest BCUT2D eigenvalue weighted by molar-refractivity contribution is 5.77. The molecule has 3 nitrogen and oxygen atoms in total. The fourth-order valence-corrected chi connectivity index (χ4v) is 2.16. The summed E-state index contributed by atoms with van der Waals surface area (Å²) in [7, 11) is 0. The van der Waals surface area contributed by atoms with Crippen molar-refractivity contribution in [2.45, 2.75) is 24.8 Å². The third-order valence-corrected chi connectivity index (χ3v) is 3.46. The van der Waals surface area contributed by atoms with E-state index in [1.165, 1.54) is 0 Å². The van der Waals surface area contributed by atoms with Gasteiger partial charge in [-0.3, -0.25) is 0 Å². The summed E-state index contributed by atoms with van der Waals surface area (Å²) in [5.41, 5.74) is 3.60. The molecule has 0 spiro atoms. The Hall–Kier alpha value is -1.35. The van der Waals surface area contributed by atoms with E-state index in [4.69, 9.17) is 0 Å². The number of carbonyl (C=O) groups is 1. The van der Waals surface area contributed by atoms with Gasteiger partial charge in [0.05, 0.1) is 0 Å². The Morgan fingerprint density at radius 3 is 2.33 bits per heavy atom. The van der Waals surface area contributed by atoms with Gasteiger partial charge in [0.15, 0.2) is 5.54 Å². The minimum atomic E-state index is -1.06. The standard InChI is InChI=1S/C12H15NO2/c13-12(11(14)15,10-7-4-8-10)9-5-2-1-3-6-9/h1-3,5-6,10H,4,7-8,13H2,(H,14,15)/t12-/m1/s1. The molecule has 1 aliphatic rings. The van der Waals surface area contributed by atoms with Gasteiger partial charge in [-0.2, -0.15) is 0 Å². The largest absolute Gasteiger partial charge is 0.543 e. The zero-order valence-corrected chi connectivity index (χ0v) is 8.61. The van der Waals surface area contributed by atoms with Crippen molar-refractivity contribution in [2.75, 3.05) is 0 Å². The third-order valence-electron chi connectivity index (χ3n) is 3.46. The molecule has 0 heterocycles. The molecule has 1 fully saturated rings. The van der Waals surface area contributed by atoms with E-state index in [0.717, 1.165) is 24.8 Å². The SMILES string of the molecule is [NH3+][C@](C(=O)[O-])(c1ccccc1)C1CCC1. The highest BCUT2D eigenvalue weighted by Crippen LogP contribution is 2.39. The summed E-state index contributed by atoms with van der Waals surface area (Å²) in [4.78, 5) is 11.3. The molecule has 0 radical (unpaired) electrons. The van der Waals surface area contributed by atoms with E-state index in [9.17, 15) is 9.90 Å². The Morgan fingerprint density at radius 1 is 1.33 bits per heavy atom. The topological polar surface area (TPSA) is 67.8 Å². The maximum absolute atomic E-state index is 11.3. The summed E-state index contributed by atoms with van der Waals surface area (Å²) in [6.07, 6.45) is 2.97. The second kappa shape index (κ2) is 3.66. The first-order chi connectivity index (χ1) is 7.15. The molecule has 1 saturated carbocycles. The van der Waals surface area contributed by atoms with Crippen LogP contribution in [0.5, 0.6) is 0 Å². The predicted octanol–water partition coefficient (Wildman–Crippen LogP) is -0.326. The van der Waals surface area contributed by atoms with Crippen molar-refractivity contribution in [2.24, 2.45) is 5.92 Å².